The van der Waals surface area contributed by atoms with Crippen molar-refractivity contribution in [3.63, 3.8) is 0 Å². The largest absolute Gasteiger partial charge is 0.491 e. The van der Waals surface area contributed by atoms with Crippen molar-refractivity contribution in [2.45, 2.75) is 91.6 Å². The average Bonchev–Trinajstić information content (AvgIpc) is 2.94. The summed E-state index contributed by atoms with van der Waals surface area (Å²) in [7, 11) is -3.42. The van der Waals surface area contributed by atoms with Gasteiger partial charge in [-0.25, -0.2) is 9.78 Å². The zero-order valence-electron chi connectivity index (χ0n) is 24.3. The summed E-state index contributed by atoms with van der Waals surface area (Å²) in [5.41, 5.74) is 1.24. The number of hydrogen-bond acceptors (Lipinski definition) is 7. The van der Waals surface area contributed by atoms with Crippen molar-refractivity contribution in [1.82, 2.24) is 4.98 Å². The molecule has 0 saturated carbocycles. The molecule has 0 bridgehead atoms. The van der Waals surface area contributed by atoms with E-state index in [4.69, 9.17) is 18.5 Å². The first-order chi connectivity index (χ1) is 19.4. The number of ether oxygens (including phenoxy) is 2. The molecule has 0 radical (unpaired) electrons. The van der Waals surface area contributed by atoms with E-state index in [1.54, 1.807) is 38.1 Å². The van der Waals surface area contributed by atoms with E-state index in [1.165, 1.54) is 69.3 Å². The van der Waals surface area contributed by atoms with Crippen LogP contribution < -0.4 is 9.47 Å². The normalized spacial score (nSPS) is 11.7. The molecule has 2 rings (SSSR count). The topological polar surface area (TPSA) is 104 Å². The minimum Gasteiger partial charge on any atom is -0.491 e. The summed E-state index contributed by atoms with van der Waals surface area (Å²) >= 11 is 0. The Morgan fingerprint density at radius 1 is 0.875 bits per heavy atom. The van der Waals surface area contributed by atoms with Gasteiger partial charge in [-0.05, 0) is 56.7 Å². The van der Waals surface area contributed by atoms with Crippen LogP contribution >= 0.6 is 7.60 Å². The first-order valence-corrected chi connectivity index (χ1v) is 16.2. The maximum atomic E-state index is 13.0. The van der Waals surface area contributed by atoms with Crippen LogP contribution in [0, 0.1) is 0 Å². The van der Waals surface area contributed by atoms with E-state index in [9.17, 15) is 14.5 Å². The molecule has 40 heavy (non-hydrogen) atoms. The first-order valence-electron chi connectivity index (χ1n) is 14.6. The molecule has 0 saturated heterocycles. The van der Waals surface area contributed by atoms with Crippen LogP contribution in [0.4, 0.5) is 0 Å². The Morgan fingerprint density at radius 3 is 2.15 bits per heavy atom. The molecular formula is C31H46NO7P. The smallest absolute Gasteiger partial charge is 0.354 e. The Morgan fingerprint density at radius 2 is 1.52 bits per heavy atom. The fraction of sp³-hybridized carbons (Fsp3) is 0.548. The molecule has 1 aromatic heterocycles. The van der Waals surface area contributed by atoms with Crippen LogP contribution in [-0.2, 0) is 20.2 Å². The fourth-order valence-electron chi connectivity index (χ4n) is 4.12. The van der Waals surface area contributed by atoms with Gasteiger partial charge < -0.3 is 23.6 Å². The van der Waals surface area contributed by atoms with Crippen molar-refractivity contribution in [1.29, 1.82) is 0 Å². The second-order valence-corrected chi connectivity index (χ2v) is 11.4. The molecule has 0 amide bonds. The van der Waals surface area contributed by atoms with E-state index in [-0.39, 0.29) is 25.4 Å². The van der Waals surface area contributed by atoms with Gasteiger partial charge in [0.05, 0.1) is 31.1 Å². The van der Waals surface area contributed by atoms with E-state index in [0.717, 1.165) is 12.8 Å². The molecule has 0 unspecified atom stereocenters. The lowest BCUT2D eigenvalue weighted by Gasteiger charge is -2.14. The molecular weight excluding hydrogens is 529 g/mol. The number of benzene rings is 1. The van der Waals surface area contributed by atoms with Crippen molar-refractivity contribution in [2.24, 2.45) is 0 Å². The summed E-state index contributed by atoms with van der Waals surface area (Å²) in [5, 5.41) is 9.21. The van der Waals surface area contributed by atoms with Crippen LogP contribution in [-0.4, -0.2) is 35.9 Å². The molecule has 8 nitrogen and oxygen atoms in total. The number of nitrogens with zero attached hydrogens (tertiary/aromatic N) is 1. The highest BCUT2D eigenvalue weighted by Gasteiger charge is 2.19. The Kier molecular flexibility index (Phi) is 16.3. The number of carbonyl (C=O) groups is 1. The number of carboxylic acids is 1. The van der Waals surface area contributed by atoms with Crippen molar-refractivity contribution >= 4 is 19.6 Å². The molecule has 1 aromatic carbocycles. The zero-order valence-corrected chi connectivity index (χ0v) is 25.2. The minimum absolute atomic E-state index is 0.122. The van der Waals surface area contributed by atoms with Crippen molar-refractivity contribution in [3.8, 4) is 11.5 Å². The molecule has 9 heteroatoms. The van der Waals surface area contributed by atoms with Gasteiger partial charge in [-0.1, -0.05) is 70.8 Å². The third-order valence-electron chi connectivity index (χ3n) is 6.20. The summed E-state index contributed by atoms with van der Waals surface area (Å²) in [4.78, 5) is 15.9. The lowest BCUT2D eigenvalue weighted by atomic mass is 10.1. The Balaban J connectivity index is 2.01. The molecule has 0 fully saturated rings. The summed E-state index contributed by atoms with van der Waals surface area (Å²) in [6.07, 6.45) is 14.1. The van der Waals surface area contributed by atoms with E-state index < -0.39 is 13.6 Å². The van der Waals surface area contributed by atoms with Gasteiger partial charge in [-0.15, -0.1) is 0 Å². The Bertz CT molecular complexity index is 1080. The number of pyridine rings is 1. The molecule has 2 aromatic rings. The summed E-state index contributed by atoms with van der Waals surface area (Å²) < 4.78 is 35.6. The third-order valence-corrected chi connectivity index (χ3v) is 7.95. The maximum Gasteiger partial charge on any atom is 0.354 e. The number of aromatic nitrogens is 1. The average molecular weight is 576 g/mol. The molecule has 0 spiro atoms. The molecule has 0 aliphatic carbocycles. The van der Waals surface area contributed by atoms with E-state index in [0.29, 0.717) is 29.5 Å². The monoisotopic (exact) mass is 575 g/mol. The molecule has 0 atom stereocenters. The molecule has 0 aliphatic rings. The highest BCUT2D eigenvalue weighted by atomic mass is 31.2. The van der Waals surface area contributed by atoms with Crippen LogP contribution in [0.3, 0.4) is 0 Å². The lowest BCUT2D eigenvalue weighted by molar-refractivity contribution is 0.0696. The summed E-state index contributed by atoms with van der Waals surface area (Å²) in [6.45, 7) is 6.95. The zero-order chi connectivity index (χ0) is 29.1. The number of carboxylic acid groups (broad SMARTS) is 1. The van der Waals surface area contributed by atoms with Crippen LogP contribution in [0.15, 0.2) is 42.2 Å². The standard InChI is InChI=1S/C31H46NO7P/c1-4-7-8-9-10-11-12-13-14-15-22-36-30-20-19-27(25-37-28-18-16-17-26(24-28)31(33)34)32-29(30)21-23-40(35,38-5-2)39-6-3/h16-21,23-24H,4-15,22,25H2,1-3H3,(H,33,34). The second kappa shape index (κ2) is 19.4. The number of aromatic carboxylic acids is 1. The number of hydrogen-bond donors (Lipinski definition) is 1. The SMILES string of the molecule is CCCCCCCCCCCCOc1ccc(COc2cccc(C(=O)O)c2)nc1C=CP(=O)(OCC)OCC. The van der Waals surface area contributed by atoms with Gasteiger partial charge in [-0.2, -0.15) is 0 Å². The van der Waals surface area contributed by atoms with Crippen molar-refractivity contribution in [2.75, 3.05) is 19.8 Å². The summed E-state index contributed by atoms with van der Waals surface area (Å²) in [5.74, 6) is 1.39. The van der Waals surface area contributed by atoms with Gasteiger partial charge >= 0.3 is 13.6 Å². The molecule has 1 heterocycles. The molecule has 1 N–H and O–H groups in total. The van der Waals surface area contributed by atoms with Crippen LogP contribution in [0.25, 0.3) is 6.08 Å². The van der Waals surface area contributed by atoms with Gasteiger partial charge in [0.2, 0.25) is 0 Å². The predicted molar refractivity (Wildman–Crippen MR) is 159 cm³/mol. The number of unbranched alkanes of at least 4 members (excludes halogenated alkanes) is 9. The van der Waals surface area contributed by atoms with E-state index in [2.05, 4.69) is 11.9 Å². The van der Waals surface area contributed by atoms with Crippen LogP contribution in [0.2, 0.25) is 0 Å². The quantitative estimate of drug-likeness (QED) is 0.110. The third kappa shape index (κ3) is 13.1. The minimum atomic E-state index is -3.42. The lowest BCUT2D eigenvalue weighted by Crippen LogP contribution is -2.04. The van der Waals surface area contributed by atoms with Gasteiger partial charge in [0.15, 0.2) is 0 Å². The van der Waals surface area contributed by atoms with Gasteiger partial charge in [0.25, 0.3) is 0 Å². The number of rotatable bonds is 22. The predicted octanol–water partition coefficient (Wildman–Crippen LogP) is 8.90. The highest BCUT2D eigenvalue weighted by molar-refractivity contribution is 7.57. The van der Waals surface area contributed by atoms with Gasteiger partial charge in [0.1, 0.15) is 23.8 Å². The van der Waals surface area contributed by atoms with Crippen molar-refractivity contribution in [3.05, 3.63) is 59.2 Å². The van der Waals surface area contributed by atoms with Gasteiger partial charge in [-0.3, -0.25) is 4.57 Å². The van der Waals surface area contributed by atoms with Crippen LogP contribution in [0.1, 0.15) is 107 Å². The Hall–Kier alpha value is -2.67. The fourth-order valence-corrected chi connectivity index (χ4v) is 5.41. The van der Waals surface area contributed by atoms with E-state index >= 15 is 0 Å². The first kappa shape index (κ1) is 33.5. The van der Waals surface area contributed by atoms with Gasteiger partial charge in [0, 0.05) is 5.82 Å². The van der Waals surface area contributed by atoms with Crippen LogP contribution in [0.5, 0.6) is 11.5 Å². The van der Waals surface area contributed by atoms with Crippen molar-refractivity contribution < 1.29 is 33.0 Å². The second-order valence-electron chi connectivity index (χ2n) is 9.53. The highest BCUT2D eigenvalue weighted by Crippen LogP contribution is 2.50. The molecule has 0 aliphatic heterocycles. The maximum absolute atomic E-state index is 13.0. The summed E-state index contributed by atoms with van der Waals surface area (Å²) in [6, 6.07) is 9.92. The molecule has 222 valence electrons. The Labute approximate surface area is 239 Å². The van der Waals surface area contributed by atoms with E-state index in [1.807, 2.05) is 6.07 Å².